The smallest absolute Gasteiger partial charge is 0.251 e. The summed E-state index contributed by atoms with van der Waals surface area (Å²) < 4.78 is 11.9. The molecule has 0 aliphatic heterocycles. The lowest BCUT2D eigenvalue weighted by molar-refractivity contribution is 0.0951. The third-order valence-electron chi connectivity index (χ3n) is 2.71. The largest absolute Gasteiger partial charge is 0.398 e. The van der Waals surface area contributed by atoms with Crippen molar-refractivity contribution in [1.82, 2.24) is 5.32 Å². The molecule has 0 aromatic heterocycles. The van der Waals surface area contributed by atoms with Crippen LogP contribution >= 0.6 is 0 Å². The Morgan fingerprint density at radius 1 is 1.47 bits per heavy atom. The predicted octanol–water partition coefficient (Wildman–Crippen LogP) is 2.23. The van der Waals surface area contributed by atoms with Gasteiger partial charge in [0.1, 0.15) is 0 Å². The molecule has 0 heterocycles. The van der Waals surface area contributed by atoms with Crippen molar-refractivity contribution < 1.29 is 9.18 Å². The Kier molecular flexibility index (Phi) is 4.94. The standard InChI is InChI=1S/C13H19FN2O/c1-3-10-7-9(2)12(15)8-11(10)13(17)16-6-4-5-14/h7-8H,3-6,15H2,1-2H3,(H,16,17). The van der Waals surface area contributed by atoms with E-state index in [9.17, 15) is 9.18 Å². The summed E-state index contributed by atoms with van der Waals surface area (Å²) in [6.45, 7) is 3.84. The van der Waals surface area contributed by atoms with Gasteiger partial charge in [0.2, 0.25) is 0 Å². The van der Waals surface area contributed by atoms with Gasteiger partial charge in [-0.2, -0.15) is 0 Å². The van der Waals surface area contributed by atoms with Crippen LogP contribution in [0.25, 0.3) is 0 Å². The van der Waals surface area contributed by atoms with Crippen LogP contribution in [0.5, 0.6) is 0 Å². The molecule has 0 fully saturated rings. The summed E-state index contributed by atoms with van der Waals surface area (Å²) in [5, 5.41) is 2.69. The summed E-state index contributed by atoms with van der Waals surface area (Å²) in [6, 6.07) is 3.62. The van der Waals surface area contributed by atoms with Gasteiger partial charge in [-0.15, -0.1) is 0 Å². The molecule has 0 spiro atoms. The molecule has 1 amide bonds. The lowest BCUT2D eigenvalue weighted by Crippen LogP contribution is -2.26. The number of nitrogens with two attached hydrogens (primary N) is 1. The maximum Gasteiger partial charge on any atom is 0.251 e. The third kappa shape index (κ3) is 3.44. The van der Waals surface area contributed by atoms with Gasteiger partial charge in [-0.3, -0.25) is 9.18 Å². The summed E-state index contributed by atoms with van der Waals surface area (Å²) in [7, 11) is 0. The second kappa shape index (κ2) is 6.23. The molecular weight excluding hydrogens is 219 g/mol. The predicted molar refractivity (Wildman–Crippen MR) is 67.9 cm³/mol. The maximum atomic E-state index is 11.9. The van der Waals surface area contributed by atoms with Crippen LogP contribution in [0.3, 0.4) is 0 Å². The minimum Gasteiger partial charge on any atom is -0.398 e. The molecular formula is C13H19FN2O. The second-order valence-corrected chi connectivity index (χ2v) is 4.02. The van der Waals surface area contributed by atoms with Gasteiger partial charge in [-0.1, -0.05) is 13.0 Å². The summed E-state index contributed by atoms with van der Waals surface area (Å²) in [6.07, 6.45) is 1.11. The van der Waals surface area contributed by atoms with Gasteiger partial charge >= 0.3 is 0 Å². The summed E-state index contributed by atoms with van der Waals surface area (Å²) in [5.74, 6) is -0.179. The van der Waals surface area contributed by atoms with Crippen LogP contribution in [0.2, 0.25) is 0 Å². The monoisotopic (exact) mass is 238 g/mol. The summed E-state index contributed by atoms with van der Waals surface area (Å²) in [4.78, 5) is 11.9. The van der Waals surface area contributed by atoms with E-state index in [-0.39, 0.29) is 5.91 Å². The molecule has 1 aromatic rings. The number of anilines is 1. The van der Waals surface area contributed by atoms with E-state index in [1.165, 1.54) is 0 Å². The number of nitrogens with one attached hydrogen (secondary N) is 1. The molecule has 0 unspecified atom stereocenters. The number of hydrogen-bond acceptors (Lipinski definition) is 2. The number of carbonyl (C=O) groups is 1. The topological polar surface area (TPSA) is 55.1 Å². The Hall–Kier alpha value is -1.58. The van der Waals surface area contributed by atoms with Crippen LogP contribution in [0.1, 0.15) is 34.8 Å². The van der Waals surface area contributed by atoms with E-state index >= 15 is 0 Å². The van der Waals surface area contributed by atoms with E-state index in [1.54, 1.807) is 6.07 Å². The average Bonchev–Trinajstić information content (AvgIpc) is 2.32. The number of carbonyl (C=O) groups excluding carboxylic acids is 1. The van der Waals surface area contributed by atoms with Crippen molar-refractivity contribution in [2.75, 3.05) is 19.0 Å². The van der Waals surface area contributed by atoms with Gasteiger partial charge in [-0.25, -0.2) is 0 Å². The number of nitrogen functional groups attached to an aromatic ring is 1. The quantitative estimate of drug-likeness (QED) is 0.610. The second-order valence-electron chi connectivity index (χ2n) is 4.02. The zero-order chi connectivity index (χ0) is 12.8. The molecule has 1 aromatic carbocycles. The molecule has 1 rings (SSSR count). The minimum absolute atomic E-state index is 0.179. The summed E-state index contributed by atoms with van der Waals surface area (Å²) in [5.41, 5.74) is 8.94. The fraction of sp³-hybridized carbons (Fsp3) is 0.462. The van der Waals surface area contributed by atoms with E-state index < -0.39 is 6.67 Å². The Bertz CT molecular complexity index is 405. The molecule has 0 saturated carbocycles. The van der Waals surface area contributed by atoms with Crippen molar-refractivity contribution >= 4 is 11.6 Å². The highest BCUT2D eigenvalue weighted by atomic mass is 19.1. The molecule has 94 valence electrons. The first-order valence-corrected chi connectivity index (χ1v) is 5.83. The Morgan fingerprint density at radius 2 is 2.18 bits per heavy atom. The first kappa shape index (κ1) is 13.5. The van der Waals surface area contributed by atoms with Crippen LogP contribution < -0.4 is 11.1 Å². The molecule has 4 heteroatoms. The van der Waals surface area contributed by atoms with E-state index in [0.29, 0.717) is 24.2 Å². The van der Waals surface area contributed by atoms with Crippen LogP contribution in [-0.4, -0.2) is 19.1 Å². The van der Waals surface area contributed by atoms with Crippen molar-refractivity contribution in [3.05, 3.63) is 28.8 Å². The van der Waals surface area contributed by atoms with Crippen molar-refractivity contribution in [3.63, 3.8) is 0 Å². The number of amides is 1. The number of hydrogen-bond donors (Lipinski definition) is 2. The first-order chi connectivity index (χ1) is 8.10. The van der Waals surface area contributed by atoms with Crippen LogP contribution in [0.4, 0.5) is 10.1 Å². The van der Waals surface area contributed by atoms with E-state index in [0.717, 1.165) is 17.5 Å². The number of aryl methyl sites for hydroxylation is 2. The van der Waals surface area contributed by atoms with Crippen molar-refractivity contribution in [2.24, 2.45) is 0 Å². The molecule has 0 radical (unpaired) electrons. The molecule has 3 nitrogen and oxygen atoms in total. The molecule has 3 N–H and O–H groups in total. The minimum atomic E-state index is -0.420. The number of rotatable bonds is 5. The summed E-state index contributed by atoms with van der Waals surface area (Å²) >= 11 is 0. The van der Waals surface area contributed by atoms with Gasteiger partial charge in [0.15, 0.2) is 0 Å². The van der Waals surface area contributed by atoms with Gasteiger partial charge in [0.25, 0.3) is 5.91 Å². The first-order valence-electron chi connectivity index (χ1n) is 5.83. The van der Waals surface area contributed by atoms with Gasteiger partial charge < -0.3 is 11.1 Å². The third-order valence-corrected chi connectivity index (χ3v) is 2.71. The Morgan fingerprint density at radius 3 is 2.76 bits per heavy atom. The van der Waals surface area contributed by atoms with Crippen molar-refractivity contribution in [2.45, 2.75) is 26.7 Å². The SMILES string of the molecule is CCc1cc(C)c(N)cc1C(=O)NCCCF. The van der Waals surface area contributed by atoms with Gasteiger partial charge in [0.05, 0.1) is 6.67 Å². The Labute approximate surface area is 101 Å². The fourth-order valence-electron chi connectivity index (χ4n) is 1.65. The highest BCUT2D eigenvalue weighted by molar-refractivity contribution is 5.96. The maximum absolute atomic E-state index is 11.9. The number of halogens is 1. The van der Waals surface area contributed by atoms with Gasteiger partial charge in [0, 0.05) is 17.8 Å². The average molecular weight is 238 g/mol. The molecule has 0 saturated heterocycles. The highest BCUT2D eigenvalue weighted by Gasteiger charge is 2.11. The zero-order valence-electron chi connectivity index (χ0n) is 10.3. The van der Waals surface area contributed by atoms with E-state index in [1.807, 2.05) is 19.9 Å². The number of alkyl halides is 1. The highest BCUT2D eigenvalue weighted by Crippen LogP contribution is 2.19. The van der Waals surface area contributed by atoms with Gasteiger partial charge in [-0.05, 0) is 37.0 Å². The zero-order valence-corrected chi connectivity index (χ0v) is 10.3. The van der Waals surface area contributed by atoms with Crippen molar-refractivity contribution in [3.8, 4) is 0 Å². The van der Waals surface area contributed by atoms with Crippen LogP contribution in [-0.2, 0) is 6.42 Å². The fourth-order valence-corrected chi connectivity index (χ4v) is 1.65. The van der Waals surface area contributed by atoms with Crippen LogP contribution in [0.15, 0.2) is 12.1 Å². The molecule has 0 atom stereocenters. The Balaban J connectivity index is 2.88. The lowest BCUT2D eigenvalue weighted by atomic mass is 10.00. The van der Waals surface area contributed by atoms with Crippen molar-refractivity contribution in [1.29, 1.82) is 0 Å². The van der Waals surface area contributed by atoms with E-state index in [2.05, 4.69) is 5.32 Å². The van der Waals surface area contributed by atoms with E-state index in [4.69, 9.17) is 5.73 Å². The lowest BCUT2D eigenvalue weighted by Gasteiger charge is -2.11. The normalized spacial score (nSPS) is 10.3. The molecule has 0 aliphatic rings. The van der Waals surface area contributed by atoms with Crippen LogP contribution in [0, 0.1) is 6.92 Å². The molecule has 17 heavy (non-hydrogen) atoms. The number of benzene rings is 1. The molecule has 0 bridgehead atoms. The molecule has 0 aliphatic carbocycles.